The molecular formula is C18H17Br2NO2. The number of rotatable bonds is 2. The smallest absolute Gasteiger partial charge is 0.410 e. The predicted molar refractivity (Wildman–Crippen MR) is 97.2 cm³/mol. The Bertz CT molecular complexity index is 718. The Morgan fingerprint density at radius 3 is 2.48 bits per heavy atom. The van der Waals surface area contributed by atoms with Crippen LogP contribution in [0, 0.1) is 0 Å². The van der Waals surface area contributed by atoms with Crippen LogP contribution in [0.1, 0.15) is 23.6 Å². The summed E-state index contributed by atoms with van der Waals surface area (Å²) < 4.78 is 7.61. The number of benzene rings is 2. The van der Waals surface area contributed by atoms with Gasteiger partial charge in [0, 0.05) is 15.0 Å². The van der Waals surface area contributed by atoms with Gasteiger partial charge in [-0.1, -0.05) is 62.2 Å². The first-order valence-corrected chi connectivity index (χ1v) is 9.08. The molecular weight excluding hydrogens is 422 g/mol. The molecule has 0 fully saturated rings. The summed E-state index contributed by atoms with van der Waals surface area (Å²) >= 11 is 7.20. The van der Waals surface area contributed by atoms with Gasteiger partial charge in [0.1, 0.15) is 6.61 Å². The molecule has 0 bridgehead atoms. The summed E-state index contributed by atoms with van der Waals surface area (Å²) in [6.07, 6.45) is 0.550. The van der Waals surface area contributed by atoms with Crippen LogP contribution in [0.15, 0.2) is 51.4 Å². The zero-order chi connectivity index (χ0) is 16.4. The molecule has 1 aliphatic rings. The Hall–Kier alpha value is -1.33. The first-order valence-electron chi connectivity index (χ1n) is 7.49. The van der Waals surface area contributed by atoms with Gasteiger partial charge in [0.15, 0.2) is 0 Å². The molecule has 0 aliphatic carbocycles. The summed E-state index contributed by atoms with van der Waals surface area (Å²) in [5, 5.41) is 0. The molecule has 0 spiro atoms. The van der Waals surface area contributed by atoms with E-state index >= 15 is 0 Å². The van der Waals surface area contributed by atoms with Crippen molar-refractivity contribution in [1.29, 1.82) is 0 Å². The van der Waals surface area contributed by atoms with Crippen LogP contribution < -0.4 is 0 Å². The number of hydrogen-bond acceptors (Lipinski definition) is 2. The van der Waals surface area contributed by atoms with E-state index in [2.05, 4.69) is 38.8 Å². The lowest BCUT2D eigenvalue weighted by Crippen LogP contribution is -2.43. The zero-order valence-corrected chi connectivity index (χ0v) is 15.9. The fourth-order valence-electron chi connectivity index (χ4n) is 2.81. The van der Waals surface area contributed by atoms with E-state index in [1.807, 2.05) is 42.5 Å². The fraction of sp³-hybridized carbons (Fsp3) is 0.278. The molecule has 0 saturated heterocycles. The summed E-state index contributed by atoms with van der Waals surface area (Å²) in [7, 11) is 0. The monoisotopic (exact) mass is 437 g/mol. The Balaban J connectivity index is 1.73. The minimum atomic E-state index is -0.265. The van der Waals surface area contributed by atoms with Crippen molar-refractivity contribution in [3.8, 4) is 0 Å². The summed E-state index contributed by atoms with van der Waals surface area (Å²) in [4.78, 5) is 14.3. The second kappa shape index (κ2) is 7.05. The molecule has 5 heteroatoms. The third-order valence-corrected chi connectivity index (χ3v) is 5.60. The van der Waals surface area contributed by atoms with Crippen LogP contribution in [0.5, 0.6) is 0 Å². The minimum absolute atomic E-state index is 0.108. The molecule has 3 nitrogen and oxygen atoms in total. The number of nitrogens with zero attached hydrogens (tertiary/aromatic N) is 1. The van der Waals surface area contributed by atoms with Crippen LogP contribution >= 0.6 is 31.9 Å². The molecule has 2 aromatic carbocycles. The van der Waals surface area contributed by atoms with E-state index in [9.17, 15) is 4.79 Å². The van der Waals surface area contributed by atoms with Gasteiger partial charge in [0.25, 0.3) is 0 Å². The van der Waals surface area contributed by atoms with E-state index in [0.29, 0.717) is 13.2 Å². The second-order valence-electron chi connectivity index (χ2n) is 5.71. The minimum Gasteiger partial charge on any atom is -0.445 e. The topological polar surface area (TPSA) is 29.5 Å². The average Bonchev–Trinajstić information content (AvgIpc) is 2.57. The number of carbonyl (C=O) groups is 1. The van der Waals surface area contributed by atoms with Crippen molar-refractivity contribution in [2.24, 2.45) is 0 Å². The molecule has 0 aromatic heterocycles. The Labute approximate surface area is 152 Å². The number of amides is 1. The first-order chi connectivity index (χ1) is 11.1. The van der Waals surface area contributed by atoms with Gasteiger partial charge in [-0.05, 0) is 42.2 Å². The third kappa shape index (κ3) is 3.61. The van der Waals surface area contributed by atoms with Gasteiger partial charge in [0.05, 0.1) is 6.54 Å². The van der Waals surface area contributed by atoms with Crippen molar-refractivity contribution < 1.29 is 9.53 Å². The van der Waals surface area contributed by atoms with Gasteiger partial charge in [-0.3, -0.25) is 0 Å². The molecule has 0 radical (unpaired) electrons. The Morgan fingerprint density at radius 1 is 1.13 bits per heavy atom. The SMILES string of the molecule is CC1Cc2c(Br)ccc(Br)c2CN1C(=O)OCc1ccccc1. The predicted octanol–water partition coefficient (Wildman–Crippen LogP) is 5.30. The molecule has 1 atom stereocenters. The van der Waals surface area contributed by atoms with Gasteiger partial charge in [0.2, 0.25) is 0 Å². The highest BCUT2D eigenvalue weighted by atomic mass is 79.9. The largest absolute Gasteiger partial charge is 0.445 e. The highest BCUT2D eigenvalue weighted by molar-refractivity contribution is 9.11. The fourth-order valence-corrected chi connectivity index (χ4v) is 3.84. The number of carbonyl (C=O) groups excluding carboxylic acids is 1. The van der Waals surface area contributed by atoms with Crippen LogP contribution in [0.25, 0.3) is 0 Å². The van der Waals surface area contributed by atoms with Crippen LogP contribution in [-0.4, -0.2) is 17.0 Å². The van der Waals surface area contributed by atoms with Crippen molar-refractivity contribution in [2.75, 3.05) is 0 Å². The highest BCUT2D eigenvalue weighted by Crippen LogP contribution is 2.34. The summed E-state index contributed by atoms with van der Waals surface area (Å²) in [6, 6.07) is 13.9. The normalized spacial score (nSPS) is 16.8. The van der Waals surface area contributed by atoms with Gasteiger partial charge in [-0.15, -0.1) is 0 Å². The second-order valence-corrected chi connectivity index (χ2v) is 7.42. The van der Waals surface area contributed by atoms with Crippen molar-refractivity contribution in [1.82, 2.24) is 4.90 Å². The van der Waals surface area contributed by atoms with E-state index in [1.54, 1.807) is 4.90 Å². The molecule has 1 aliphatic heterocycles. The number of hydrogen-bond donors (Lipinski definition) is 0. The highest BCUT2D eigenvalue weighted by Gasteiger charge is 2.30. The number of ether oxygens (including phenoxy) is 1. The van der Waals surface area contributed by atoms with Gasteiger partial charge in [-0.25, -0.2) is 4.79 Å². The number of fused-ring (bicyclic) bond motifs is 1. The van der Waals surface area contributed by atoms with Crippen LogP contribution in [0.3, 0.4) is 0 Å². The van der Waals surface area contributed by atoms with E-state index in [0.717, 1.165) is 26.5 Å². The summed E-state index contributed by atoms with van der Waals surface area (Å²) in [6.45, 7) is 2.92. The van der Waals surface area contributed by atoms with E-state index in [4.69, 9.17) is 4.74 Å². The van der Waals surface area contributed by atoms with Crippen molar-refractivity contribution in [3.63, 3.8) is 0 Å². The van der Waals surface area contributed by atoms with Crippen molar-refractivity contribution in [2.45, 2.75) is 32.5 Å². The third-order valence-electron chi connectivity index (χ3n) is 4.12. The summed E-state index contributed by atoms with van der Waals surface area (Å²) in [5.41, 5.74) is 3.41. The lowest BCUT2D eigenvalue weighted by molar-refractivity contribution is 0.0764. The maximum atomic E-state index is 12.5. The Kier molecular flexibility index (Phi) is 5.07. The van der Waals surface area contributed by atoms with Crippen molar-refractivity contribution >= 4 is 38.0 Å². The van der Waals surface area contributed by atoms with E-state index < -0.39 is 0 Å². The molecule has 23 heavy (non-hydrogen) atoms. The van der Waals surface area contributed by atoms with Crippen molar-refractivity contribution in [3.05, 3.63) is 68.1 Å². The lowest BCUT2D eigenvalue weighted by atomic mass is 9.95. The quantitative estimate of drug-likeness (QED) is 0.636. The van der Waals surface area contributed by atoms with Gasteiger partial charge < -0.3 is 9.64 Å². The molecule has 1 heterocycles. The molecule has 1 unspecified atom stereocenters. The van der Waals surface area contributed by atoms with Crippen LogP contribution in [-0.2, 0) is 24.3 Å². The summed E-state index contributed by atoms with van der Waals surface area (Å²) in [5.74, 6) is 0. The maximum Gasteiger partial charge on any atom is 0.410 e. The lowest BCUT2D eigenvalue weighted by Gasteiger charge is -2.35. The van der Waals surface area contributed by atoms with Crippen LogP contribution in [0.4, 0.5) is 4.79 Å². The van der Waals surface area contributed by atoms with E-state index in [1.165, 1.54) is 5.56 Å². The van der Waals surface area contributed by atoms with Gasteiger partial charge >= 0.3 is 6.09 Å². The Morgan fingerprint density at radius 2 is 1.78 bits per heavy atom. The van der Waals surface area contributed by atoms with E-state index in [-0.39, 0.29) is 12.1 Å². The molecule has 120 valence electrons. The average molecular weight is 439 g/mol. The molecule has 3 rings (SSSR count). The maximum absolute atomic E-state index is 12.5. The zero-order valence-electron chi connectivity index (χ0n) is 12.8. The molecule has 0 saturated carbocycles. The molecule has 2 aromatic rings. The molecule has 0 N–H and O–H groups in total. The van der Waals surface area contributed by atoms with Crippen LogP contribution in [0.2, 0.25) is 0 Å². The van der Waals surface area contributed by atoms with Gasteiger partial charge in [-0.2, -0.15) is 0 Å². The molecule has 1 amide bonds. The first kappa shape index (κ1) is 16.5. The standard InChI is InChI=1S/C18H17Br2NO2/c1-12-9-14-15(17(20)8-7-16(14)19)10-21(12)18(22)23-11-13-5-3-2-4-6-13/h2-8,12H,9-11H2,1H3. The number of halogens is 2.